The van der Waals surface area contributed by atoms with Gasteiger partial charge in [-0.05, 0) is 18.2 Å². The summed E-state index contributed by atoms with van der Waals surface area (Å²) in [7, 11) is 0. The fourth-order valence-electron chi connectivity index (χ4n) is 1.14. The summed E-state index contributed by atoms with van der Waals surface area (Å²) in [5.41, 5.74) is 6.12. The predicted molar refractivity (Wildman–Crippen MR) is 46.1 cm³/mol. The number of benzene rings is 1. The Morgan fingerprint density at radius 1 is 1.25 bits per heavy atom. The zero-order chi connectivity index (χ0) is 8.55. The highest BCUT2D eigenvalue weighted by Gasteiger charge is 2.02. The van der Waals surface area contributed by atoms with E-state index < -0.39 is 5.82 Å². The summed E-state index contributed by atoms with van der Waals surface area (Å²) >= 11 is 0. The van der Waals surface area contributed by atoms with Gasteiger partial charge >= 0.3 is 0 Å². The molecule has 0 aliphatic rings. The number of halogens is 1. The quantitative estimate of drug-likeness (QED) is 0.601. The maximum Gasteiger partial charge on any atom is 0.148 e. The van der Waals surface area contributed by atoms with Crippen LogP contribution in [0.5, 0.6) is 0 Å². The van der Waals surface area contributed by atoms with Gasteiger partial charge in [-0.1, -0.05) is 6.07 Å². The van der Waals surface area contributed by atoms with Crippen molar-refractivity contribution in [3.05, 3.63) is 36.3 Å². The summed E-state index contributed by atoms with van der Waals surface area (Å²) in [4.78, 5) is 3.98. The highest BCUT2D eigenvalue weighted by atomic mass is 19.1. The molecule has 1 aromatic carbocycles. The van der Waals surface area contributed by atoms with Crippen molar-refractivity contribution in [3.8, 4) is 0 Å². The van der Waals surface area contributed by atoms with E-state index in [0.717, 1.165) is 5.39 Å². The van der Waals surface area contributed by atoms with Crippen LogP contribution in [0, 0.1) is 5.82 Å². The first-order valence-electron chi connectivity index (χ1n) is 3.58. The average molecular weight is 162 g/mol. The van der Waals surface area contributed by atoms with E-state index in [4.69, 9.17) is 5.73 Å². The van der Waals surface area contributed by atoms with Gasteiger partial charge in [0.05, 0.1) is 11.2 Å². The molecule has 60 valence electrons. The van der Waals surface area contributed by atoms with Gasteiger partial charge < -0.3 is 5.73 Å². The Morgan fingerprint density at radius 3 is 2.92 bits per heavy atom. The molecule has 0 unspecified atom stereocenters. The fraction of sp³-hybridized carbons (Fsp3) is 0. The summed E-state index contributed by atoms with van der Waals surface area (Å²) in [5.74, 6) is -0.416. The van der Waals surface area contributed by atoms with Crippen LogP contribution in [0.3, 0.4) is 0 Å². The molecule has 1 aromatic heterocycles. The van der Waals surface area contributed by atoms with Gasteiger partial charge in [-0.2, -0.15) is 0 Å². The van der Waals surface area contributed by atoms with Gasteiger partial charge in [0.2, 0.25) is 0 Å². The molecular formula is C9H7FN2. The molecule has 3 heteroatoms. The normalized spacial score (nSPS) is 10.4. The van der Waals surface area contributed by atoms with Gasteiger partial charge in [0.1, 0.15) is 5.82 Å². The first kappa shape index (κ1) is 7.03. The fourth-order valence-corrected chi connectivity index (χ4v) is 1.14. The minimum absolute atomic E-state index is 0.119. The second-order valence-corrected chi connectivity index (χ2v) is 2.54. The number of hydrogen-bond donors (Lipinski definition) is 1. The smallest absolute Gasteiger partial charge is 0.148 e. The van der Waals surface area contributed by atoms with Crippen LogP contribution in [-0.2, 0) is 0 Å². The number of anilines is 1. The number of fused-ring (bicyclic) bond motifs is 1. The Morgan fingerprint density at radius 2 is 2.08 bits per heavy atom. The second-order valence-electron chi connectivity index (χ2n) is 2.54. The van der Waals surface area contributed by atoms with Crippen molar-refractivity contribution in [2.45, 2.75) is 0 Å². The molecule has 2 nitrogen and oxygen atoms in total. The van der Waals surface area contributed by atoms with E-state index in [1.807, 2.05) is 6.07 Å². The maximum absolute atomic E-state index is 12.9. The first-order valence-corrected chi connectivity index (χ1v) is 3.58. The van der Waals surface area contributed by atoms with E-state index in [1.165, 1.54) is 6.07 Å². The lowest BCUT2D eigenvalue weighted by molar-refractivity contribution is 0.634. The summed E-state index contributed by atoms with van der Waals surface area (Å²) < 4.78 is 12.9. The average Bonchev–Trinajstić information content (AvgIpc) is 2.12. The Hall–Kier alpha value is -1.64. The number of hydrogen-bond acceptors (Lipinski definition) is 2. The Kier molecular flexibility index (Phi) is 1.43. The third kappa shape index (κ3) is 0.906. The Balaban J connectivity index is 2.91. The van der Waals surface area contributed by atoms with Gasteiger partial charge in [-0.15, -0.1) is 0 Å². The van der Waals surface area contributed by atoms with E-state index in [9.17, 15) is 4.39 Å². The van der Waals surface area contributed by atoms with Crippen LogP contribution in [0.4, 0.5) is 10.1 Å². The Labute approximate surface area is 68.8 Å². The minimum Gasteiger partial charge on any atom is -0.395 e. The van der Waals surface area contributed by atoms with Gasteiger partial charge in [-0.3, -0.25) is 4.98 Å². The van der Waals surface area contributed by atoms with Gasteiger partial charge in [0.25, 0.3) is 0 Å². The number of aromatic nitrogens is 1. The van der Waals surface area contributed by atoms with Crippen LogP contribution < -0.4 is 5.73 Å². The number of nitrogen functional groups attached to an aromatic ring is 1. The second kappa shape index (κ2) is 2.44. The topological polar surface area (TPSA) is 38.9 Å². The van der Waals surface area contributed by atoms with E-state index >= 15 is 0 Å². The van der Waals surface area contributed by atoms with Gasteiger partial charge in [-0.25, -0.2) is 4.39 Å². The molecule has 12 heavy (non-hydrogen) atoms. The minimum atomic E-state index is -0.416. The maximum atomic E-state index is 12.9. The largest absolute Gasteiger partial charge is 0.395 e. The molecule has 0 radical (unpaired) electrons. The lowest BCUT2D eigenvalue weighted by atomic mass is 10.2. The number of nitrogens with zero attached hydrogens (tertiary/aromatic N) is 1. The molecule has 0 spiro atoms. The molecule has 0 bridgehead atoms. The van der Waals surface area contributed by atoms with Crippen LogP contribution in [0.2, 0.25) is 0 Å². The SMILES string of the molecule is Nc1c(F)ccc2cccnc12. The van der Waals surface area contributed by atoms with Crippen molar-refractivity contribution in [2.24, 2.45) is 0 Å². The van der Waals surface area contributed by atoms with Crippen LogP contribution in [0.25, 0.3) is 10.9 Å². The van der Waals surface area contributed by atoms with E-state index in [-0.39, 0.29) is 5.69 Å². The molecule has 0 atom stereocenters. The van der Waals surface area contributed by atoms with Crippen molar-refractivity contribution >= 4 is 16.6 Å². The Bertz CT molecular complexity index is 426. The van der Waals surface area contributed by atoms with E-state index in [2.05, 4.69) is 4.98 Å². The number of rotatable bonds is 0. The molecule has 2 rings (SSSR count). The zero-order valence-corrected chi connectivity index (χ0v) is 6.29. The number of nitrogens with two attached hydrogens (primary N) is 1. The summed E-state index contributed by atoms with van der Waals surface area (Å²) in [5, 5.41) is 0.858. The van der Waals surface area contributed by atoms with Gasteiger partial charge in [0, 0.05) is 11.6 Å². The highest BCUT2D eigenvalue weighted by Crippen LogP contribution is 2.20. The molecular weight excluding hydrogens is 155 g/mol. The first-order chi connectivity index (χ1) is 5.79. The molecule has 2 N–H and O–H groups in total. The molecule has 0 aliphatic carbocycles. The van der Waals surface area contributed by atoms with Crippen LogP contribution in [-0.4, -0.2) is 4.98 Å². The molecule has 2 aromatic rings. The summed E-state index contributed by atoms with van der Waals surface area (Å²) in [6.45, 7) is 0. The van der Waals surface area contributed by atoms with Crippen molar-refractivity contribution in [1.82, 2.24) is 4.98 Å². The van der Waals surface area contributed by atoms with Crippen molar-refractivity contribution < 1.29 is 4.39 Å². The molecule has 0 fully saturated rings. The van der Waals surface area contributed by atoms with Crippen molar-refractivity contribution in [1.29, 1.82) is 0 Å². The van der Waals surface area contributed by atoms with Crippen molar-refractivity contribution in [3.63, 3.8) is 0 Å². The number of pyridine rings is 1. The summed E-state index contributed by atoms with van der Waals surface area (Å²) in [6, 6.07) is 6.64. The lowest BCUT2D eigenvalue weighted by Gasteiger charge is -2.00. The molecule has 0 saturated carbocycles. The standard InChI is InChI=1S/C9H7FN2/c10-7-4-3-6-2-1-5-12-9(6)8(7)11/h1-5H,11H2. The monoisotopic (exact) mass is 162 g/mol. The lowest BCUT2D eigenvalue weighted by Crippen LogP contribution is -1.93. The third-order valence-electron chi connectivity index (χ3n) is 1.76. The van der Waals surface area contributed by atoms with Gasteiger partial charge in [0.15, 0.2) is 0 Å². The predicted octanol–water partition coefficient (Wildman–Crippen LogP) is 1.96. The molecule has 0 saturated heterocycles. The van der Waals surface area contributed by atoms with Crippen LogP contribution in [0.15, 0.2) is 30.5 Å². The van der Waals surface area contributed by atoms with E-state index in [0.29, 0.717) is 5.52 Å². The van der Waals surface area contributed by atoms with E-state index in [1.54, 1.807) is 18.3 Å². The highest BCUT2D eigenvalue weighted by molar-refractivity contribution is 5.89. The third-order valence-corrected chi connectivity index (χ3v) is 1.76. The summed E-state index contributed by atoms with van der Waals surface area (Å²) in [6.07, 6.45) is 1.60. The zero-order valence-electron chi connectivity index (χ0n) is 6.29. The van der Waals surface area contributed by atoms with Crippen molar-refractivity contribution in [2.75, 3.05) is 5.73 Å². The van der Waals surface area contributed by atoms with Crippen LogP contribution >= 0.6 is 0 Å². The molecule has 1 heterocycles. The molecule has 0 aliphatic heterocycles. The molecule has 0 amide bonds. The van der Waals surface area contributed by atoms with Crippen LogP contribution in [0.1, 0.15) is 0 Å².